The molecule has 1 heterocycles. The van der Waals surface area contributed by atoms with Crippen molar-refractivity contribution < 1.29 is 18.8 Å². The highest BCUT2D eigenvalue weighted by molar-refractivity contribution is 5.91. The fourth-order valence-electron chi connectivity index (χ4n) is 2.99. The third-order valence-corrected chi connectivity index (χ3v) is 4.27. The fraction of sp³-hybridized carbons (Fsp3) is 0.722. The molecule has 1 saturated carbocycles. The number of carbonyl (C=O) groups excluding carboxylic acids is 2. The molecule has 2 N–H and O–H groups in total. The predicted octanol–water partition coefficient (Wildman–Crippen LogP) is 1.71. The number of amides is 2. The molecule has 1 aliphatic carbocycles. The van der Waals surface area contributed by atoms with Crippen molar-refractivity contribution in [3.8, 4) is 0 Å². The number of likely N-dealkylation sites (N-methyl/N-ethyl adjacent to an activating group) is 1. The zero-order valence-electron chi connectivity index (χ0n) is 15.8. The van der Waals surface area contributed by atoms with E-state index in [0.717, 1.165) is 19.3 Å². The smallest absolute Gasteiger partial charge is 0.239 e. The maximum atomic E-state index is 11.9. The molecule has 0 aliphatic heterocycles. The minimum Gasteiger partial charge on any atom is -0.378 e. The van der Waals surface area contributed by atoms with Crippen LogP contribution < -0.4 is 10.6 Å². The highest BCUT2D eigenvalue weighted by atomic mass is 16.5. The molecule has 146 valence electrons. The second kappa shape index (κ2) is 10.9. The Labute approximate surface area is 154 Å². The van der Waals surface area contributed by atoms with Crippen LogP contribution in [-0.4, -0.2) is 61.3 Å². The zero-order chi connectivity index (χ0) is 18.8. The first kappa shape index (κ1) is 20.4. The molecule has 8 heteroatoms. The second-order valence-electron chi connectivity index (χ2n) is 6.88. The van der Waals surface area contributed by atoms with Gasteiger partial charge < -0.3 is 19.9 Å². The van der Waals surface area contributed by atoms with Crippen LogP contribution in [-0.2, 0) is 14.3 Å². The Hall–Kier alpha value is -1.93. The molecule has 1 aromatic rings. The van der Waals surface area contributed by atoms with Crippen LogP contribution in [0.1, 0.15) is 44.3 Å². The number of carbonyl (C=O) groups is 2. The lowest BCUT2D eigenvalue weighted by molar-refractivity contribution is -0.123. The van der Waals surface area contributed by atoms with Gasteiger partial charge in [0.05, 0.1) is 19.2 Å². The van der Waals surface area contributed by atoms with Crippen LogP contribution in [0.25, 0.3) is 0 Å². The summed E-state index contributed by atoms with van der Waals surface area (Å²) >= 11 is 0. The van der Waals surface area contributed by atoms with Crippen LogP contribution in [0.4, 0.5) is 5.82 Å². The number of aryl methyl sites for hydroxylation is 1. The zero-order valence-corrected chi connectivity index (χ0v) is 15.8. The Morgan fingerprint density at radius 1 is 1.27 bits per heavy atom. The Balaban J connectivity index is 1.51. The van der Waals surface area contributed by atoms with Gasteiger partial charge in [0.15, 0.2) is 5.82 Å². The van der Waals surface area contributed by atoms with Crippen LogP contribution in [0.2, 0.25) is 0 Å². The third-order valence-electron chi connectivity index (χ3n) is 4.27. The molecule has 8 nitrogen and oxygen atoms in total. The highest BCUT2D eigenvalue weighted by Crippen LogP contribution is 2.20. The predicted molar refractivity (Wildman–Crippen MR) is 97.8 cm³/mol. The molecule has 2 rings (SSSR count). The summed E-state index contributed by atoms with van der Waals surface area (Å²) in [5.74, 6) is 0.661. The monoisotopic (exact) mass is 366 g/mol. The summed E-state index contributed by atoms with van der Waals surface area (Å²) in [4.78, 5) is 25.4. The van der Waals surface area contributed by atoms with Gasteiger partial charge in [0.2, 0.25) is 11.8 Å². The summed E-state index contributed by atoms with van der Waals surface area (Å²) in [5, 5.41) is 9.18. The van der Waals surface area contributed by atoms with Gasteiger partial charge in [0.1, 0.15) is 5.76 Å². The number of nitrogens with zero attached hydrogens (tertiary/aromatic N) is 2. The van der Waals surface area contributed by atoms with E-state index in [-0.39, 0.29) is 24.9 Å². The quantitative estimate of drug-likeness (QED) is 0.612. The molecule has 0 bridgehead atoms. The van der Waals surface area contributed by atoms with E-state index in [1.807, 2.05) is 0 Å². The van der Waals surface area contributed by atoms with E-state index >= 15 is 0 Å². The van der Waals surface area contributed by atoms with Gasteiger partial charge in [-0.3, -0.25) is 14.5 Å². The van der Waals surface area contributed by atoms with Crippen molar-refractivity contribution in [2.24, 2.45) is 0 Å². The van der Waals surface area contributed by atoms with Crippen LogP contribution >= 0.6 is 0 Å². The van der Waals surface area contributed by atoms with Crippen molar-refractivity contribution in [2.75, 3.05) is 38.6 Å². The summed E-state index contributed by atoms with van der Waals surface area (Å²) < 4.78 is 10.7. The normalized spacial score (nSPS) is 15.2. The molecule has 1 aromatic heterocycles. The molecule has 0 radical (unpaired) electrons. The van der Waals surface area contributed by atoms with Gasteiger partial charge in [-0.1, -0.05) is 24.4 Å². The third kappa shape index (κ3) is 7.97. The van der Waals surface area contributed by atoms with Crippen LogP contribution in [0, 0.1) is 6.92 Å². The first-order valence-electron chi connectivity index (χ1n) is 9.33. The van der Waals surface area contributed by atoms with E-state index in [4.69, 9.17) is 9.26 Å². The largest absolute Gasteiger partial charge is 0.378 e. The Kier molecular flexibility index (Phi) is 8.57. The number of anilines is 1. The van der Waals surface area contributed by atoms with Crippen LogP contribution in [0.5, 0.6) is 0 Å². The van der Waals surface area contributed by atoms with Crippen LogP contribution in [0.3, 0.4) is 0 Å². The molecule has 0 spiro atoms. The van der Waals surface area contributed by atoms with E-state index in [1.54, 1.807) is 24.9 Å². The first-order valence-corrected chi connectivity index (χ1v) is 9.33. The first-order chi connectivity index (χ1) is 12.5. The minimum atomic E-state index is -0.241. The van der Waals surface area contributed by atoms with Gasteiger partial charge in [-0.25, -0.2) is 0 Å². The number of rotatable bonds is 10. The summed E-state index contributed by atoms with van der Waals surface area (Å²) in [6, 6.07) is 1.64. The van der Waals surface area contributed by atoms with E-state index in [9.17, 15) is 9.59 Å². The van der Waals surface area contributed by atoms with E-state index in [1.165, 1.54) is 19.3 Å². The van der Waals surface area contributed by atoms with E-state index in [2.05, 4.69) is 15.8 Å². The molecule has 26 heavy (non-hydrogen) atoms. The van der Waals surface area contributed by atoms with Gasteiger partial charge in [0, 0.05) is 19.2 Å². The molecule has 0 atom stereocenters. The Morgan fingerprint density at radius 2 is 2.00 bits per heavy atom. The topological polar surface area (TPSA) is 96.7 Å². The number of nitrogens with one attached hydrogen (secondary N) is 2. The summed E-state index contributed by atoms with van der Waals surface area (Å²) in [6.45, 7) is 3.28. The number of hydrogen-bond acceptors (Lipinski definition) is 6. The second-order valence-corrected chi connectivity index (χ2v) is 6.88. The Morgan fingerprint density at radius 3 is 2.69 bits per heavy atom. The lowest BCUT2D eigenvalue weighted by Gasteiger charge is -2.22. The van der Waals surface area contributed by atoms with Crippen molar-refractivity contribution in [3.63, 3.8) is 0 Å². The van der Waals surface area contributed by atoms with Crippen molar-refractivity contribution in [2.45, 2.75) is 51.6 Å². The van der Waals surface area contributed by atoms with Crippen molar-refractivity contribution in [1.82, 2.24) is 15.4 Å². The number of aromatic nitrogens is 1. The van der Waals surface area contributed by atoms with E-state index in [0.29, 0.717) is 30.8 Å². The standard InChI is InChI=1S/C18H30N4O4/c1-14-11-16(21-26-14)20-18(24)13-22(2)12-17(23)19-9-6-10-25-15-7-4-3-5-8-15/h11,15H,3-10,12-13H2,1-2H3,(H,19,23)(H,20,21,24). The van der Waals surface area contributed by atoms with Gasteiger partial charge in [-0.05, 0) is 33.2 Å². The SMILES string of the molecule is Cc1cc(NC(=O)CN(C)CC(=O)NCCCOC2CCCCC2)no1. The number of ether oxygens (including phenoxy) is 1. The Bertz CT molecular complexity index is 569. The van der Waals surface area contributed by atoms with Crippen LogP contribution in [0.15, 0.2) is 10.6 Å². The summed E-state index contributed by atoms with van der Waals surface area (Å²) in [6.07, 6.45) is 7.37. The van der Waals surface area contributed by atoms with E-state index < -0.39 is 0 Å². The maximum Gasteiger partial charge on any atom is 0.239 e. The molecule has 1 aliphatic rings. The number of hydrogen-bond donors (Lipinski definition) is 2. The van der Waals surface area contributed by atoms with Crippen molar-refractivity contribution in [1.29, 1.82) is 0 Å². The lowest BCUT2D eigenvalue weighted by Crippen LogP contribution is -2.39. The molecule has 0 unspecified atom stereocenters. The van der Waals surface area contributed by atoms with Gasteiger partial charge in [0.25, 0.3) is 0 Å². The minimum absolute atomic E-state index is 0.101. The van der Waals surface area contributed by atoms with Crippen molar-refractivity contribution in [3.05, 3.63) is 11.8 Å². The molecular formula is C18H30N4O4. The van der Waals surface area contributed by atoms with Crippen molar-refractivity contribution >= 4 is 17.6 Å². The lowest BCUT2D eigenvalue weighted by atomic mass is 9.98. The average Bonchev–Trinajstić information content (AvgIpc) is 2.99. The molecule has 0 aromatic carbocycles. The van der Waals surface area contributed by atoms with Gasteiger partial charge >= 0.3 is 0 Å². The molecule has 2 amide bonds. The summed E-state index contributed by atoms with van der Waals surface area (Å²) in [5.41, 5.74) is 0. The molecular weight excluding hydrogens is 336 g/mol. The molecule has 1 fully saturated rings. The average molecular weight is 366 g/mol. The highest BCUT2D eigenvalue weighted by Gasteiger charge is 2.14. The maximum absolute atomic E-state index is 11.9. The molecule has 0 saturated heterocycles. The summed E-state index contributed by atoms with van der Waals surface area (Å²) in [7, 11) is 1.72. The fourth-order valence-corrected chi connectivity index (χ4v) is 2.99. The van der Waals surface area contributed by atoms with Gasteiger partial charge in [-0.15, -0.1) is 0 Å². The van der Waals surface area contributed by atoms with Gasteiger partial charge in [-0.2, -0.15) is 0 Å².